The molecule has 2 aromatic carbocycles. The van der Waals surface area contributed by atoms with Gasteiger partial charge in [-0.25, -0.2) is 14.1 Å². The Bertz CT molecular complexity index is 1350. The second-order valence-electron chi connectivity index (χ2n) is 8.14. The molecule has 3 heterocycles. The molecule has 1 saturated heterocycles. The number of furan rings is 1. The largest absolute Gasteiger partial charge is 0.451 e. The van der Waals surface area contributed by atoms with Crippen molar-refractivity contribution in [1.29, 1.82) is 0 Å². The number of hydrogen-bond acceptors (Lipinski definition) is 5. The van der Waals surface area contributed by atoms with Crippen molar-refractivity contribution in [2.24, 2.45) is 0 Å². The van der Waals surface area contributed by atoms with Crippen molar-refractivity contribution in [2.75, 3.05) is 19.6 Å². The van der Waals surface area contributed by atoms with Crippen LogP contribution in [0.2, 0.25) is 0 Å². The summed E-state index contributed by atoms with van der Waals surface area (Å²) in [5.41, 5.74) is 1.89. The van der Waals surface area contributed by atoms with Crippen LogP contribution in [-0.2, 0) is 0 Å². The maximum Gasteiger partial charge on any atom is 0.293 e. The van der Waals surface area contributed by atoms with E-state index >= 15 is 0 Å². The smallest absolute Gasteiger partial charge is 0.293 e. The van der Waals surface area contributed by atoms with Crippen LogP contribution in [0.3, 0.4) is 0 Å². The molecule has 0 spiro atoms. The molecule has 2 amide bonds. The lowest BCUT2D eigenvalue weighted by atomic mass is 10.1. The number of aryl methyl sites for hydroxylation is 1. The summed E-state index contributed by atoms with van der Waals surface area (Å²) in [6, 6.07) is 13.4. The van der Waals surface area contributed by atoms with Gasteiger partial charge in [-0.05, 0) is 44.2 Å². The van der Waals surface area contributed by atoms with Crippen LogP contribution in [0.15, 0.2) is 59.3 Å². The Morgan fingerprint density at radius 3 is 2.64 bits per heavy atom. The number of piperazine rings is 1. The van der Waals surface area contributed by atoms with Gasteiger partial charge in [0, 0.05) is 36.6 Å². The van der Waals surface area contributed by atoms with Gasteiger partial charge in [-0.3, -0.25) is 9.59 Å². The molecule has 0 radical (unpaired) electrons. The van der Waals surface area contributed by atoms with Gasteiger partial charge in [0.2, 0.25) is 5.82 Å². The summed E-state index contributed by atoms with van der Waals surface area (Å²) in [5, 5.41) is 4.90. The Morgan fingerprint density at radius 1 is 1.09 bits per heavy atom. The minimum Gasteiger partial charge on any atom is -0.451 e. The minimum absolute atomic E-state index is 0.112. The van der Waals surface area contributed by atoms with Gasteiger partial charge in [-0.1, -0.05) is 18.2 Å². The zero-order valence-corrected chi connectivity index (χ0v) is 18.2. The molecule has 0 bridgehead atoms. The van der Waals surface area contributed by atoms with Crippen molar-refractivity contribution in [3.8, 4) is 5.69 Å². The number of hydrogen-bond donors (Lipinski definition) is 0. The summed E-state index contributed by atoms with van der Waals surface area (Å²) in [7, 11) is 0. The van der Waals surface area contributed by atoms with E-state index in [1.54, 1.807) is 21.4 Å². The molecule has 1 unspecified atom stereocenters. The Labute approximate surface area is 189 Å². The zero-order valence-electron chi connectivity index (χ0n) is 18.2. The first-order valence-corrected chi connectivity index (χ1v) is 10.7. The number of rotatable bonds is 3. The molecular formula is C24H22FN5O3. The molecule has 33 heavy (non-hydrogen) atoms. The second kappa shape index (κ2) is 8.16. The maximum atomic E-state index is 13.6. The van der Waals surface area contributed by atoms with Gasteiger partial charge in [0.15, 0.2) is 5.76 Å². The van der Waals surface area contributed by atoms with Gasteiger partial charge in [0.25, 0.3) is 11.8 Å². The molecule has 8 nitrogen and oxygen atoms in total. The predicted octanol–water partition coefficient (Wildman–Crippen LogP) is 3.45. The molecule has 5 rings (SSSR count). The molecule has 1 aliphatic rings. The van der Waals surface area contributed by atoms with E-state index in [1.165, 1.54) is 24.5 Å². The summed E-state index contributed by atoms with van der Waals surface area (Å²) in [5.74, 6) is -0.616. The fraction of sp³-hybridized carbons (Fsp3) is 0.250. The topological polar surface area (TPSA) is 84.5 Å². The van der Waals surface area contributed by atoms with Crippen LogP contribution in [0.4, 0.5) is 4.39 Å². The zero-order chi connectivity index (χ0) is 23.1. The third-order valence-electron chi connectivity index (χ3n) is 5.97. The van der Waals surface area contributed by atoms with Crippen LogP contribution >= 0.6 is 0 Å². The summed E-state index contributed by atoms with van der Waals surface area (Å²) in [6.45, 7) is 4.67. The number of para-hydroxylation sites is 1. The standard InChI is InChI=1S/C24H22FN5O3/c1-15-13-28(24(32)22-26-14-30(27-22)18-6-4-3-5-7-18)10-11-29(15)23(31)21-16(2)19-12-17(25)8-9-20(19)33-21/h3-9,12,14-15H,10-11,13H2,1-2H3. The molecule has 2 aromatic heterocycles. The van der Waals surface area contributed by atoms with Crippen molar-refractivity contribution in [3.05, 3.63) is 77.8 Å². The lowest BCUT2D eigenvalue weighted by molar-refractivity contribution is 0.0391. The number of aromatic nitrogens is 3. The number of amides is 2. The van der Waals surface area contributed by atoms with Gasteiger partial charge in [-0.2, -0.15) is 0 Å². The van der Waals surface area contributed by atoms with Gasteiger partial charge >= 0.3 is 0 Å². The first-order chi connectivity index (χ1) is 15.9. The third-order valence-corrected chi connectivity index (χ3v) is 5.97. The number of fused-ring (bicyclic) bond motifs is 1. The quantitative estimate of drug-likeness (QED) is 0.480. The lowest BCUT2D eigenvalue weighted by Gasteiger charge is -2.39. The molecule has 0 saturated carbocycles. The average Bonchev–Trinajstić information content (AvgIpc) is 3.44. The highest BCUT2D eigenvalue weighted by Gasteiger charge is 2.34. The van der Waals surface area contributed by atoms with Gasteiger partial charge in [0.1, 0.15) is 17.7 Å². The molecule has 1 aliphatic heterocycles. The number of nitrogens with zero attached hydrogens (tertiary/aromatic N) is 5. The SMILES string of the molecule is Cc1c(C(=O)N2CCN(C(=O)c3ncn(-c4ccccc4)n3)CC2C)oc2ccc(F)cc12. The second-order valence-corrected chi connectivity index (χ2v) is 8.14. The maximum absolute atomic E-state index is 13.6. The fourth-order valence-corrected chi connectivity index (χ4v) is 4.18. The van der Waals surface area contributed by atoms with Gasteiger partial charge in [-0.15, -0.1) is 5.10 Å². The average molecular weight is 447 g/mol. The van der Waals surface area contributed by atoms with E-state index in [1.807, 2.05) is 37.3 Å². The van der Waals surface area contributed by atoms with Crippen LogP contribution in [0.1, 0.15) is 33.7 Å². The van der Waals surface area contributed by atoms with E-state index < -0.39 is 0 Å². The van der Waals surface area contributed by atoms with E-state index in [9.17, 15) is 14.0 Å². The van der Waals surface area contributed by atoms with Crippen LogP contribution < -0.4 is 0 Å². The Balaban J connectivity index is 1.30. The van der Waals surface area contributed by atoms with E-state index in [0.717, 1.165) is 5.69 Å². The monoisotopic (exact) mass is 447 g/mol. The molecule has 0 aliphatic carbocycles. The van der Waals surface area contributed by atoms with Gasteiger partial charge < -0.3 is 14.2 Å². The normalized spacial score (nSPS) is 16.4. The van der Waals surface area contributed by atoms with Crippen LogP contribution in [0.5, 0.6) is 0 Å². The van der Waals surface area contributed by atoms with Crippen LogP contribution in [0, 0.1) is 12.7 Å². The molecule has 1 atom stereocenters. The minimum atomic E-state index is -0.380. The van der Waals surface area contributed by atoms with Crippen molar-refractivity contribution in [3.63, 3.8) is 0 Å². The summed E-state index contributed by atoms with van der Waals surface area (Å²) in [4.78, 5) is 33.7. The molecule has 168 valence electrons. The summed E-state index contributed by atoms with van der Waals surface area (Å²) in [6.07, 6.45) is 1.51. The van der Waals surface area contributed by atoms with Crippen molar-refractivity contribution < 1.29 is 18.4 Å². The van der Waals surface area contributed by atoms with E-state index in [4.69, 9.17) is 4.42 Å². The first-order valence-electron chi connectivity index (χ1n) is 10.7. The summed E-state index contributed by atoms with van der Waals surface area (Å²) >= 11 is 0. The Kier molecular flexibility index (Phi) is 5.16. The molecule has 4 aromatic rings. The third kappa shape index (κ3) is 3.75. The molecule has 0 N–H and O–H groups in total. The number of carbonyl (C=O) groups is 2. The number of carbonyl (C=O) groups excluding carboxylic acids is 2. The van der Waals surface area contributed by atoms with Crippen molar-refractivity contribution >= 4 is 22.8 Å². The fourth-order valence-electron chi connectivity index (χ4n) is 4.18. The highest BCUT2D eigenvalue weighted by atomic mass is 19.1. The van der Waals surface area contributed by atoms with Gasteiger partial charge in [0.05, 0.1) is 5.69 Å². The lowest BCUT2D eigenvalue weighted by Crippen LogP contribution is -2.55. The van der Waals surface area contributed by atoms with E-state index in [2.05, 4.69) is 10.1 Å². The number of benzene rings is 2. The highest BCUT2D eigenvalue weighted by Crippen LogP contribution is 2.28. The van der Waals surface area contributed by atoms with E-state index in [0.29, 0.717) is 36.2 Å². The van der Waals surface area contributed by atoms with Crippen LogP contribution in [0.25, 0.3) is 16.7 Å². The van der Waals surface area contributed by atoms with Crippen LogP contribution in [-0.4, -0.2) is 62.1 Å². The first kappa shape index (κ1) is 20.9. The molecular weight excluding hydrogens is 425 g/mol. The Morgan fingerprint density at radius 2 is 1.88 bits per heavy atom. The van der Waals surface area contributed by atoms with E-state index in [-0.39, 0.29) is 35.3 Å². The Hall–Kier alpha value is -4.01. The summed E-state index contributed by atoms with van der Waals surface area (Å²) < 4.78 is 20.9. The predicted molar refractivity (Wildman–Crippen MR) is 119 cm³/mol. The molecule has 9 heteroatoms. The van der Waals surface area contributed by atoms with Crippen molar-refractivity contribution in [2.45, 2.75) is 19.9 Å². The molecule has 1 fully saturated rings. The number of halogens is 1. The highest BCUT2D eigenvalue weighted by molar-refractivity contribution is 5.99. The van der Waals surface area contributed by atoms with Crippen molar-refractivity contribution in [1.82, 2.24) is 24.6 Å².